The van der Waals surface area contributed by atoms with Crippen molar-refractivity contribution in [3.8, 4) is 0 Å². The third kappa shape index (κ3) is 7.86. The molecular weight excluding hydrogens is 576 g/mol. The number of allylic oxidation sites excluding steroid dienone is 1. The van der Waals surface area contributed by atoms with Crippen LogP contribution in [0.15, 0.2) is 65.8 Å². The number of aryl methyl sites for hydroxylation is 1. The van der Waals surface area contributed by atoms with Crippen molar-refractivity contribution in [2.45, 2.75) is 52.4 Å². The third-order valence-corrected chi connectivity index (χ3v) is 7.55. The van der Waals surface area contributed by atoms with Gasteiger partial charge in [-0.15, -0.1) is 0 Å². The molecule has 0 bridgehead atoms. The number of hydrazine groups is 1. The zero-order chi connectivity index (χ0) is 32.5. The molecule has 0 spiro atoms. The highest BCUT2D eigenvalue weighted by molar-refractivity contribution is 6.23. The number of amides is 2. The largest absolute Gasteiger partial charge is 0.403 e. The minimum absolute atomic E-state index is 0.121. The van der Waals surface area contributed by atoms with Crippen molar-refractivity contribution in [3.05, 3.63) is 105 Å². The Morgan fingerprint density at radius 1 is 1.00 bits per heavy atom. The fourth-order valence-corrected chi connectivity index (χ4v) is 5.13. The predicted molar refractivity (Wildman–Crippen MR) is 167 cm³/mol. The molecule has 3 aromatic rings. The number of fused-ring (bicyclic) bond motifs is 2. The number of carbonyl (C=O) groups is 4. The lowest BCUT2D eigenvalue weighted by Crippen LogP contribution is -2.32. The van der Waals surface area contributed by atoms with E-state index >= 15 is 0 Å². The van der Waals surface area contributed by atoms with Crippen molar-refractivity contribution < 1.29 is 19.2 Å². The van der Waals surface area contributed by atoms with Gasteiger partial charge >= 0.3 is 0 Å². The summed E-state index contributed by atoms with van der Waals surface area (Å²) in [5, 5.41) is 9.55. The summed E-state index contributed by atoms with van der Waals surface area (Å²) in [7, 11) is 0. The highest BCUT2D eigenvalue weighted by atomic mass is 16.2. The van der Waals surface area contributed by atoms with E-state index < -0.39 is 5.78 Å². The summed E-state index contributed by atoms with van der Waals surface area (Å²) in [6, 6.07) is 13.1. The Labute approximate surface area is 260 Å². The fraction of sp³-hybridized carbons (Fsp3) is 0.258. The Balaban J connectivity index is 0.000000854. The van der Waals surface area contributed by atoms with Gasteiger partial charge in [-0.05, 0) is 53.6 Å². The van der Waals surface area contributed by atoms with Crippen LogP contribution in [-0.4, -0.2) is 44.6 Å². The quantitative estimate of drug-likeness (QED) is 0.0521. The van der Waals surface area contributed by atoms with Gasteiger partial charge in [-0.3, -0.25) is 19.2 Å². The number of aromatic nitrogens is 2. The van der Waals surface area contributed by atoms with Crippen LogP contribution in [0.1, 0.15) is 80.7 Å². The van der Waals surface area contributed by atoms with E-state index in [1.807, 2.05) is 31.2 Å². The van der Waals surface area contributed by atoms with E-state index in [0.29, 0.717) is 12.4 Å². The molecular formula is C31H36N10O4. The summed E-state index contributed by atoms with van der Waals surface area (Å²) >= 11 is 0. The molecule has 1 atom stereocenters. The van der Waals surface area contributed by atoms with Crippen LogP contribution in [-0.2, 0) is 35.6 Å². The number of nitrogens with zero attached hydrogens (tertiary/aromatic N) is 4. The van der Waals surface area contributed by atoms with Gasteiger partial charge in [-0.2, -0.15) is 5.10 Å². The first-order valence-corrected chi connectivity index (χ1v) is 14.2. The van der Waals surface area contributed by atoms with Crippen LogP contribution in [0.25, 0.3) is 0 Å². The first-order chi connectivity index (χ1) is 21.7. The number of benzene rings is 2. The molecule has 45 heavy (non-hydrogen) atoms. The number of aldehydes is 1. The van der Waals surface area contributed by atoms with Crippen LogP contribution in [0, 0.1) is 0 Å². The Morgan fingerprint density at radius 3 is 2.38 bits per heavy atom. The Hall–Kier alpha value is -5.63. The molecule has 14 nitrogen and oxygen atoms in total. The van der Waals surface area contributed by atoms with E-state index in [1.54, 1.807) is 6.20 Å². The first-order valence-electron chi connectivity index (χ1n) is 14.2. The second-order valence-electron chi connectivity index (χ2n) is 10.6. The fourth-order valence-electron chi connectivity index (χ4n) is 5.13. The van der Waals surface area contributed by atoms with Crippen LogP contribution < -0.4 is 33.5 Å². The van der Waals surface area contributed by atoms with Crippen LogP contribution in [0.5, 0.6) is 0 Å². The van der Waals surface area contributed by atoms with Crippen molar-refractivity contribution in [1.29, 1.82) is 0 Å². The molecule has 1 aliphatic heterocycles. The molecule has 2 amide bonds. The van der Waals surface area contributed by atoms with Gasteiger partial charge in [0.2, 0.25) is 0 Å². The van der Waals surface area contributed by atoms with E-state index in [4.69, 9.17) is 22.2 Å². The summed E-state index contributed by atoms with van der Waals surface area (Å²) in [6.45, 7) is 5.13. The van der Waals surface area contributed by atoms with E-state index in [0.717, 1.165) is 53.9 Å². The number of hydrazone groups is 1. The number of hydrogen-bond acceptors (Lipinski definition) is 11. The molecule has 9 N–H and O–H groups in total. The van der Waals surface area contributed by atoms with Gasteiger partial charge in [0, 0.05) is 50.1 Å². The highest BCUT2D eigenvalue weighted by Gasteiger charge is 2.26. The van der Waals surface area contributed by atoms with Crippen molar-refractivity contribution in [1.82, 2.24) is 30.9 Å². The number of hydrogen-bond donors (Lipinski definition) is 6. The molecule has 0 saturated heterocycles. The summed E-state index contributed by atoms with van der Waals surface area (Å²) in [5.74, 6) is 10.0. The van der Waals surface area contributed by atoms with Crippen molar-refractivity contribution in [2.24, 2.45) is 22.5 Å². The average Bonchev–Trinajstić information content (AvgIpc) is 3.67. The topological polar surface area (TPSA) is 224 Å². The maximum atomic E-state index is 13.0. The van der Waals surface area contributed by atoms with Crippen LogP contribution in [0.2, 0.25) is 0 Å². The Kier molecular flexibility index (Phi) is 10.5. The van der Waals surface area contributed by atoms with Crippen LogP contribution in [0.3, 0.4) is 0 Å². The zero-order valence-corrected chi connectivity index (χ0v) is 25.0. The van der Waals surface area contributed by atoms with Gasteiger partial charge in [0.05, 0.1) is 6.04 Å². The predicted octanol–water partition coefficient (Wildman–Crippen LogP) is 0.817. The van der Waals surface area contributed by atoms with Gasteiger partial charge in [0.25, 0.3) is 11.8 Å². The summed E-state index contributed by atoms with van der Waals surface area (Å²) < 4.78 is 0. The van der Waals surface area contributed by atoms with Crippen molar-refractivity contribution in [3.63, 3.8) is 0 Å². The molecule has 5 rings (SSSR count). The number of ketones is 1. The molecule has 2 aromatic carbocycles. The Morgan fingerprint density at radius 2 is 1.71 bits per heavy atom. The molecule has 2 heterocycles. The van der Waals surface area contributed by atoms with Gasteiger partial charge < -0.3 is 32.5 Å². The summed E-state index contributed by atoms with van der Waals surface area (Å²) in [5.41, 5.74) is 15.7. The lowest BCUT2D eigenvalue weighted by molar-refractivity contribution is -0.128. The van der Waals surface area contributed by atoms with Gasteiger partial charge in [0.15, 0.2) is 17.9 Å². The second kappa shape index (κ2) is 14.7. The minimum atomic E-state index is -0.426. The number of carbonyl (C=O) groups excluding carboxylic acids is 4. The van der Waals surface area contributed by atoms with E-state index in [9.17, 15) is 14.4 Å². The maximum absolute atomic E-state index is 13.0. The van der Waals surface area contributed by atoms with Gasteiger partial charge in [-0.25, -0.2) is 15.8 Å². The molecule has 1 aromatic heterocycles. The number of nitrogens with one attached hydrogen (secondary N) is 3. The molecule has 234 valence electrons. The average molecular weight is 613 g/mol. The number of nitrogens with two attached hydrogens (primary N) is 3. The number of Topliss-reactive ketones (excluding diaryl/α,β-unsaturated/α-hetero) is 1. The molecule has 0 fully saturated rings. The molecule has 0 saturated carbocycles. The van der Waals surface area contributed by atoms with E-state index in [2.05, 4.69) is 48.2 Å². The monoisotopic (exact) mass is 612 g/mol. The minimum Gasteiger partial charge on any atom is -0.403 e. The number of amidine groups is 1. The molecule has 14 heteroatoms. The second-order valence-corrected chi connectivity index (χ2v) is 10.6. The van der Waals surface area contributed by atoms with Crippen LogP contribution >= 0.6 is 0 Å². The van der Waals surface area contributed by atoms with Crippen molar-refractivity contribution in [2.75, 3.05) is 0 Å². The molecule has 1 unspecified atom stereocenters. The lowest BCUT2D eigenvalue weighted by atomic mass is 10.0. The SMILES string of the molecule is C/C(=C/N)N1Cc2ccc(CNC(=O)c3cc(C(=O)NC4CCc5cc(/C(=N/N)NN)ccc54)ncn3)cc2C1.CC(=O)C=O. The molecule has 1 aliphatic carbocycles. The normalized spacial score (nSPS) is 15.3. The Bertz CT molecular complexity index is 1670. The third-order valence-electron chi connectivity index (χ3n) is 7.55. The number of rotatable bonds is 8. The molecule has 0 radical (unpaired) electrons. The summed E-state index contributed by atoms with van der Waals surface area (Å²) in [4.78, 5) is 54.9. The first kappa shape index (κ1) is 32.3. The maximum Gasteiger partial charge on any atom is 0.270 e. The van der Waals surface area contributed by atoms with E-state index in [1.165, 1.54) is 30.4 Å². The lowest BCUT2D eigenvalue weighted by Gasteiger charge is -2.17. The van der Waals surface area contributed by atoms with Gasteiger partial charge in [0.1, 0.15) is 17.7 Å². The van der Waals surface area contributed by atoms with Crippen molar-refractivity contribution >= 4 is 29.7 Å². The van der Waals surface area contributed by atoms with Gasteiger partial charge in [-0.1, -0.05) is 30.3 Å². The smallest absolute Gasteiger partial charge is 0.270 e. The molecule has 2 aliphatic rings. The summed E-state index contributed by atoms with van der Waals surface area (Å²) in [6.07, 6.45) is 4.62. The van der Waals surface area contributed by atoms with E-state index in [-0.39, 0.29) is 35.5 Å². The van der Waals surface area contributed by atoms with Crippen LogP contribution in [0.4, 0.5) is 0 Å². The standard InChI is InChI=1S/C28H32N10O2.C3H4O2/c1-16(11-29)38-13-20-3-2-17(8-21(20)14-38)12-32-27(39)24-10-25(34-15-33-24)28(40)35-23-7-5-18-9-19(4-6-22(18)23)26(36-30)37-31;1-3(5)2-4/h2-4,6,8-11,15,23H,5,7,12-14,29-31H2,1H3,(H,32,39)(H,35,40)(H,36,37);2H,1H3/b16-11-;. The zero-order valence-electron chi connectivity index (χ0n) is 25.0. The highest BCUT2D eigenvalue weighted by Crippen LogP contribution is 2.32.